The summed E-state index contributed by atoms with van der Waals surface area (Å²) in [4.78, 5) is 0. The van der Waals surface area contributed by atoms with Crippen LogP contribution in [-0.4, -0.2) is 35.8 Å². The second-order valence-electron chi connectivity index (χ2n) is 2.34. The van der Waals surface area contributed by atoms with Crippen LogP contribution in [0.15, 0.2) is 10.2 Å². The third kappa shape index (κ3) is 1.10. The van der Waals surface area contributed by atoms with E-state index in [1.807, 2.05) is 27.9 Å². The van der Waals surface area contributed by atoms with Crippen LogP contribution in [0.3, 0.4) is 0 Å². The number of nitrogens with zero attached hydrogens (tertiary/aromatic N) is 4. The van der Waals surface area contributed by atoms with Gasteiger partial charge in [-0.05, 0) is 13.8 Å². The molecule has 0 saturated heterocycles. The van der Waals surface area contributed by atoms with E-state index in [0.717, 1.165) is 11.7 Å². The monoisotopic (exact) mass is 140 g/mol. The molecule has 1 aliphatic rings. The van der Waals surface area contributed by atoms with Crippen molar-refractivity contribution in [2.24, 2.45) is 10.2 Å². The van der Waals surface area contributed by atoms with Gasteiger partial charge in [0, 0.05) is 14.1 Å². The average molecular weight is 140 g/mol. The van der Waals surface area contributed by atoms with Gasteiger partial charge in [-0.25, -0.2) is 0 Å². The molecule has 0 radical (unpaired) electrons. The van der Waals surface area contributed by atoms with E-state index < -0.39 is 0 Å². The summed E-state index contributed by atoms with van der Waals surface area (Å²) in [7, 11) is 3.77. The maximum Gasteiger partial charge on any atom is 0.142 e. The lowest BCUT2D eigenvalue weighted by Crippen LogP contribution is -2.32. The minimum absolute atomic E-state index is 0.910. The van der Waals surface area contributed by atoms with E-state index in [9.17, 15) is 0 Å². The summed E-state index contributed by atoms with van der Waals surface area (Å²) in [6.45, 7) is 3.85. The highest BCUT2D eigenvalue weighted by molar-refractivity contribution is 5.88. The maximum absolute atomic E-state index is 4.19. The molecule has 0 aromatic carbocycles. The Morgan fingerprint density at radius 2 is 1.20 bits per heavy atom. The van der Waals surface area contributed by atoms with Gasteiger partial charge in [0.05, 0.1) is 0 Å². The molecule has 0 amide bonds. The van der Waals surface area contributed by atoms with E-state index in [2.05, 4.69) is 10.2 Å². The van der Waals surface area contributed by atoms with E-state index in [-0.39, 0.29) is 0 Å². The second kappa shape index (κ2) is 2.28. The minimum Gasteiger partial charge on any atom is -0.252 e. The first-order valence-electron chi connectivity index (χ1n) is 3.19. The Morgan fingerprint density at radius 1 is 0.900 bits per heavy atom. The van der Waals surface area contributed by atoms with Gasteiger partial charge < -0.3 is 0 Å². The lowest BCUT2D eigenvalue weighted by molar-refractivity contribution is 0.432. The summed E-state index contributed by atoms with van der Waals surface area (Å²) >= 11 is 0. The molecule has 0 N–H and O–H groups in total. The molecular weight excluding hydrogens is 128 g/mol. The third-order valence-electron chi connectivity index (χ3n) is 1.53. The molecule has 1 heterocycles. The fraction of sp³-hybridized carbons (Fsp3) is 0.667. The van der Waals surface area contributed by atoms with Crippen LogP contribution in [0.1, 0.15) is 13.8 Å². The summed E-state index contributed by atoms with van der Waals surface area (Å²) < 4.78 is 0. The Bertz CT molecular complexity index is 172. The fourth-order valence-corrected chi connectivity index (χ4v) is 0.708. The summed E-state index contributed by atoms with van der Waals surface area (Å²) in [5, 5.41) is 11.9. The number of hydrogen-bond acceptors (Lipinski definition) is 4. The molecule has 56 valence electrons. The van der Waals surface area contributed by atoms with Crippen molar-refractivity contribution in [3.63, 3.8) is 0 Å². The fourth-order valence-electron chi connectivity index (χ4n) is 0.708. The highest BCUT2D eigenvalue weighted by atomic mass is 15.6. The summed E-state index contributed by atoms with van der Waals surface area (Å²) in [5.74, 6) is 1.82. The van der Waals surface area contributed by atoms with Crippen molar-refractivity contribution in [1.29, 1.82) is 0 Å². The quantitative estimate of drug-likeness (QED) is 0.491. The van der Waals surface area contributed by atoms with Crippen molar-refractivity contribution in [2.75, 3.05) is 14.1 Å². The third-order valence-corrected chi connectivity index (χ3v) is 1.53. The molecule has 0 aromatic heterocycles. The molecule has 4 heteroatoms. The highest BCUT2D eigenvalue weighted by Crippen LogP contribution is 2.01. The topological polar surface area (TPSA) is 31.2 Å². The lowest BCUT2D eigenvalue weighted by Gasteiger charge is -2.23. The Hall–Kier alpha value is -1.06. The Morgan fingerprint density at radius 3 is 1.50 bits per heavy atom. The van der Waals surface area contributed by atoms with Crippen LogP contribution in [-0.2, 0) is 0 Å². The maximum atomic E-state index is 4.19. The smallest absolute Gasteiger partial charge is 0.142 e. The molecule has 0 aliphatic carbocycles. The van der Waals surface area contributed by atoms with Crippen LogP contribution in [0.4, 0.5) is 0 Å². The van der Waals surface area contributed by atoms with Crippen molar-refractivity contribution in [3.05, 3.63) is 0 Å². The van der Waals surface area contributed by atoms with Crippen molar-refractivity contribution in [3.8, 4) is 0 Å². The van der Waals surface area contributed by atoms with E-state index in [1.54, 1.807) is 10.0 Å². The minimum atomic E-state index is 0.910. The zero-order chi connectivity index (χ0) is 7.72. The normalized spacial score (nSPS) is 18.8. The predicted molar refractivity (Wildman–Crippen MR) is 41.7 cm³/mol. The number of hydrogen-bond donors (Lipinski definition) is 0. The Labute approximate surface area is 60.8 Å². The standard InChI is InChI=1S/C6H12N4/c1-5-7-10(4)6(2)8-9(5)3/h1-4H3. The average Bonchev–Trinajstić information content (AvgIpc) is 1.84. The van der Waals surface area contributed by atoms with Gasteiger partial charge >= 0.3 is 0 Å². The van der Waals surface area contributed by atoms with Gasteiger partial charge in [0.1, 0.15) is 11.7 Å². The molecule has 4 nitrogen and oxygen atoms in total. The zero-order valence-electron chi connectivity index (χ0n) is 6.79. The molecule has 0 saturated carbocycles. The molecule has 0 spiro atoms. The van der Waals surface area contributed by atoms with E-state index in [1.165, 1.54) is 0 Å². The Kier molecular flexibility index (Phi) is 1.61. The molecule has 1 aliphatic heterocycles. The predicted octanol–water partition coefficient (Wildman–Crippen LogP) is 0.530. The van der Waals surface area contributed by atoms with Gasteiger partial charge in [-0.1, -0.05) is 0 Å². The molecule has 10 heavy (non-hydrogen) atoms. The first-order valence-corrected chi connectivity index (χ1v) is 3.19. The van der Waals surface area contributed by atoms with Crippen molar-refractivity contribution < 1.29 is 0 Å². The molecular formula is C6H12N4. The van der Waals surface area contributed by atoms with Crippen LogP contribution in [0.2, 0.25) is 0 Å². The van der Waals surface area contributed by atoms with Gasteiger partial charge in [0.25, 0.3) is 0 Å². The molecule has 0 atom stereocenters. The van der Waals surface area contributed by atoms with Crippen LogP contribution < -0.4 is 0 Å². The van der Waals surface area contributed by atoms with Crippen LogP contribution in [0.5, 0.6) is 0 Å². The van der Waals surface area contributed by atoms with Crippen molar-refractivity contribution in [1.82, 2.24) is 10.0 Å². The van der Waals surface area contributed by atoms with Gasteiger partial charge in [0.2, 0.25) is 0 Å². The van der Waals surface area contributed by atoms with Gasteiger partial charge in [0.15, 0.2) is 0 Å². The van der Waals surface area contributed by atoms with Crippen molar-refractivity contribution in [2.45, 2.75) is 13.8 Å². The Balaban J connectivity index is 2.81. The van der Waals surface area contributed by atoms with E-state index >= 15 is 0 Å². The van der Waals surface area contributed by atoms with E-state index in [0.29, 0.717) is 0 Å². The molecule has 0 fully saturated rings. The first-order chi connectivity index (χ1) is 4.61. The highest BCUT2D eigenvalue weighted by Gasteiger charge is 2.09. The first kappa shape index (κ1) is 7.05. The molecule has 1 rings (SSSR count). The summed E-state index contributed by atoms with van der Waals surface area (Å²) in [6, 6.07) is 0. The number of amidine groups is 2. The second-order valence-corrected chi connectivity index (χ2v) is 2.34. The van der Waals surface area contributed by atoms with E-state index in [4.69, 9.17) is 0 Å². The van der Waals surface area contributed by atoms with Gasteiger partial charge in [-0.3, -0.25) is 10.0 Å². The van der Waals surface area contributed by atoms with Crippen LogP contribution in [0, 0.1) is 0 Å². The number of hydrazone groups is 2. The summed E-state index contributed by atoms with van der Waals surface area (Å²) in [6.07, 6.45) is 0. The van der Waals surface area contributed by atoms with Crippen molar-refractivity contribution >= 4 is 11.7 Å². The van der Waals surface area contributed by atoms with Gasteiger partial charge in [-0.15, -0.1) is 0 Å². The molecule has 0 bridgehead atoms. The molecule has 0 unspecified atom stereocenters. The SMILES string of the molecule is CC1=NN(C)C(C)=NN1C. The van der Waals surface area contributed by atoms with Crippen LogP contribution in [0.25, 0.3) is 0 Å². The summed E-state index contributed by atoms with van der Waals surface area (Å²) in [5.41, 5.74) is 0. The van der Waals surface area contributed by atoms with Gasteiger partial charge in [-0.2, -0.15) is 10.2 Å². The van der Waals surface area contributed by atoms with Crippen LogP contribution >= 0.6 is 0 Å². The number of rotatable bonds is 0. The molecule has 0 aromatic rings. The largest absolute Gasteiger partial charge is 0.252 e. The lowest BCUT2D eigenvalue weighted by atomic mass is 10.6. The zero-order valence-corrected chi connectivity index (χ0v) is 6.79.